The summed E-state index contributed by atoms with van der Waals surface area (Å²) in [5, 5.41) is 3.15. The molecule has 1 N–H and O–H groups in total. The lowest BCUT2D eigenvalue weighted by atomic mass is 9.47. The van der Waals surface area contributed by atoms with Crippen molar-refractivity contribution in [3.63, 3.8) is 0 Å². The van der Waals surface area contributed by atoms with E-state index >= 15 is 0 Å². The third-order valence-corrected chi connectivity index (χ3v) is 11.5. The van der Waals surface area contributed by atoms with Gasteiger partial charge in [0.2, 0.25) is 0 Å². The summed E-state index contributed by atoms with van der Waals surface area (Å²) >= 11 is 0. The van der Waals surface area contributed by atoms with Crippen LogP contribution in [-0.2, 0) is 14.3 Å². The van der Waals surface area contributed by atoms with Crippen LogP contribution in [0.25, 0.3) is 0 Å². The summed E-state index contributed by atoms with van der Waals surface area (Å²) in [6.07, 6.45) is 17.9. The fourth-order valence-corrected chi connectivity index (χ4v) is 9.49. The van der Waals surface area contributed by atoms with E-state index in [-0.39, 0.29) is 12.5 Å². The maximum Gasteiger partial charge on any atom is 0.319 e. The Balaban J connectivity index is 1.31. The molecule has 0 heterocycles. The van der Waals surface area contributed by atoms with Gasteiger partial charge >= 0.3 is 5.97 Å². The second kappa shape index (κ2) is 12.5. The minimum absolute atomic E-state index is 0.185. The normalized spacial score (nSPS) is 37.9. The van der Waals surface area contributed by atoms with Crippen molar-refractivity contribution in [2.45, 2.75) is 118 Å². The molecule has 4 aliphatic rings. The van der Waals surface area contributed by atoms with Crippen LogP contribution in [-0.4, -0.2) is 38.4 Å². The molecule has 212 valence electrons. The average Bonchev–Trinajstić information content (AvgIpc) is 3.21. The highest BCUT2D eigenvalue weighted by atomic mass is 16.5. The standard InChI is InChI=1S/C33H57NO3/c1-7-36-31(35)22-34-19-20-37-26-15-17-32(5)25(21-26)11-12-27-29-14-13-28(24(4)10-8-9-23(2)3)33(29,6)18-16-30(27)32/h11,23-24,26-30,34H,7-10,12-22H2,1-6H3/t24-,26+,27+,28?,29?,30?,32+,33-/m1/s1. The van der Waals surface area contributed by atoms with Gasteiger partial charge in [-0.1, -0.05) is 65.5 Å². The summed E-state index contributed by atoms with van der Waals surface area (Å²) in [4.78, 5) is 11.5. The maximum absolute atomic E-state index is 11.5. The summed E-state index contributed by atoms with van der Waals surface area (Å²) in [5.74, 6) is 5.17. The van der Waals surface area contributed by atoms with Crippen LogP contribution in [0.15, 0.2) is 11.6 Å². The first-order valence-electron chi connectivity index (χ1n) is 15.9. The summed E-state index contributed by atoms with van der Waals surface area (Å²) in [6, 6.07) is 0. The SMILES string of the molecule is CCOC(=O)CNCCO[C@H]1CC[C@@]2(C)C(=CC[C@H]3C4CCC([C@H](C)CCCC(C)C)[C@@]4(C)CCC32)C1. The number of hydrogen-bond donors (Lipinski definition) is 1. The van der Waals surface area contributed by atoms with E-state index in [4.69, 9.17) is 9.47 Å². The molecule has 0 saturated heterocycles. The van der Waals surface area contributed by atoms with E-state index in [9.17, 15) is 4.79 Å². The highest BCUT2D eigenvalue weighted by molar-refractivity contribution is 5.71. The third kappa shape index (κ3) is 6.32. The number of carbonyl (C=O) groups is 1. The van der Waals surface area contributed by atoms with Crippen LogP contribution in [0.3, 0.4) is 0 Å². The molecule has 8 atom stereocenters. The summed E-state index contributed by atoms with van der Waals surface area (Å²) in [7, 11) is 0. The highest BCUT2D eigenvalue weighted by Gasteiger charge is 2.59. The molecule has 3 fully saturated rings. The van der Waals surface area contributed by atoms with Crippen molar-refractivity contribution in [3.05, 3.63) is 11.6 Å². The highest BCUT2D eigenvalue weighted by Crippen LogP contribution is 2.67. The van der Waals surface area contributed by atoms with E-state index in [0.717, 1.165) is 41.9 Å². The zero-order chi connectivity index (χ0) is 26.6. The molecule has 3 unspecified atom stereocenters. The van der Waals surface area contributed by atoms with Crippen molar-refractivity contribution in [2.75, 3.05) is 26.3 Å². The fourth-order valence-electron chi connectivity index (χ4n) is 9.49. The largest absolute Gasteiger partial charge is 0.465 e. The number of fused-ring (bicyclic) bond motifs is 5. The number of esters is 1. The molecule has 0 aromatic rings. The number of ether oxygens (including phenoxy) is 2. The number of hydrogen-bond acceptors (Lipinski definition) is 4. The quantitative estimate of drug-likeness (QED) is 0.165. The minimum Gasteiger partial charge on any atom is -0.465 e. The molecule has 4 aliphatic carbocycles. The van der Waals surface area contributed by atoms with Gasteiger partial charge in [-0.2, -0.15) is 0 Å². The van der Waals surface area contributed by atoms with Gasteiger partial charge in [0.1, 0.15) is 0 Å². The molecule has 0 aromatic carbocycles. The topological polar surface area (TPSA) is 47.6 Å². The van der Waals surface area contributed by atoms with Crippen molar-refractivity contribution in [3.8, 4) is 0 Å². The Labute approximate surface area is 228 Å². The van der Waals surface area contributed by atoms with Crippen LogP contribution in [0.2, 0.25) is 0 Å². The lowest BCUT2D eigenvalue weighted by Gasteiger charge is -2.58. The smallest absolute Gasteiger partial charge is 0.319 e. The van der Waals surface area contributed by atoms with Gasteiger partial charge in [0.05, 0.1) is 25.9 Å². The van der Waals surface area contributed by atoms with Gasteiger partial charge < -0.3 is 14.8 Å². The Morgan fingerprint density at radius 1 is 1.08 bits per heavy atom. The molecular formula is C33H57NO3. The fraction of sp³-hybridized carbons (Fsp3) is 0.909. The zero-order valence-corrected chi connectivity index (χ0v) is 25.0. The summed E-state index contributed by atoms with van der Waals surface area (Å²) in [6.45, 7) is 16.5. The van der Waals surface area contributed by atoms with Crippen LogP contribution in [0, 0.1) is 46.3 Å². The first kappa shape index (κ1) is 29.1. The van der Waals surface area contributed by atoms with E-state index in [0.29, 0.717) is 36.7 Å². The molecule has 3 saturated carbocycles. The Kier molecular flexibility index (Phi) is 9.87. The minimum atomic E-state index is -0.185. The van der Waals surface area contributed by atoms with Crippen LogP contribution in [0.5, 0.6) is 0 Å². The van der Waals surface area contributed by atoms with Gasteiger partial charge in [-0.25, -0.2) is 0 Å². The molecule has 37 heavy (non-hydrogen) atoms. The first-order valence-corrected chi connectivity index (χ1v) is 15.9. The number of carbonyl (C=O) groups excluding carboxylic acids is 1. The van der Waals surface area contributed by atoms with Crippen molar-refractivity contribution in [1.82, 2.24) is 5.32 Å². The predicted molar refractivity (Wildman–Crippen MR) is 152 cm³/mol. The first-order chi connectivity index (χ1) is 17.7. The van der Waals surface area contributed by atoms with Gasteiger partial charge in [0.25, 0.3) is 0 Å². The lowest BCUT2D eigenvalue weighted by molar-refractivity contribution is -0.142. The van der Waals surface area contributed by atoms with Crippen molar-refractivity contribution in [1.29, 1.82) is 0 Å². The molecule has 4 nitrogen and oxygen atoms in total. The number of nitrogens with one attached hydrogen (secondary N) is 1. The Hall–Kier alpha value is -0.870. The van der Waals surface area contributed by atoms with Crippen molar-refractivity contribution in [2.24, 2.45) is 46.3 Å². The van der Waals surface area contributed by atoms with Gasteiger partial charge in [-0.05, 0) is 105 Å². The van der Waals surface area contributed by atoms with Crippen LogP contribution in [0.4, 0.5) is 0 Å². The van der Waals surface area contributed by atoms with Crippen molar-refractivity contribution < 1.29 is 14.3 Å². The monoisotopic (exact) mass is 515 g/mol. The molecule has 0 amide bonds. The second-order valence-corrected chi connectivity index (χ2v) is 14.0. The third-order valence-electron chi connectivity index (χ3n) is 11.5. The molecule has 0 radical (unpaired) electrons. The lowest BCUT2D eigenvalue weighted by Crippen LogP contribution is -2.51. The van der Waals surface area contributed by atoms with E-state index in [1.807, 2.05) is 6.92 Å². The Bertz CT molecular complexity index is 792. The number of allylic oxidation sites excluding steroid dienone is 1. The van der Waals surface area contributed by atoms with Crippen LogP contribution < -0.4 is 5.32 Å². The molecule has 0 bridgehead atoms. The molecule has 0 spiro atoms. The van der Waals surface area contributed by atoms with Gasteiger partial charge in [-0.3, -0.25) is 4.79 Å². The van der Waals surface area contributed by atoms with E-state index in [2.05, 4.69) is 46.0 Å². The second-order valence-electron chi connectivity index (χ2n) is 14.0. The van der Waals surface area contributed by atoms with E-state index in [1.54, 1.807) is 5.57 Å². The molecular weight excluding hydrogens is 458 g/mol. The molecule has 0 aromatic heterocycles. The molecule has 0 aliphatic heterocycles. The Morgan fingerprint density at radius 2 is 1.89 bits per heavy atom. The summed E-state index contributed by atoms with van der Waals surface area (Å²) < 4.78 is 11.2. The molecule has 4 rings (SSSR count). The van der Waals surface area contributed by atoms with Crippen molar-refractivity contribution >= 4 is 5.97 Å². The molecule has 4 heteroatoms. The maximum atomic E-state index is 11.5. The predicted octanol–water partition coefficient (Wildman–Crippen LogP) is 7.57. The van der Waals surface area contributed by atoms with Gasteiger partial charge in [0.15, 0.2) is 0 Å². The van der Waals surface area contributed by atoms with Gasteiger partial charge in [-0.15, -0.1) is 0 Å². The van der Waals surface area contributed by atoms with Crippen LogP contribution in [0.1, 0.15) is 112 Å². The van der Waals surface area contributed by atoms with E-state index < -0.39 is 0 Å². The Morgan fingerprint density at radius 3 is 2.65 bits per heavy atom. The zero-order valence-electron chi connectivity index (χ0n) is 25.0. The summed E-state index contributed by atoms with van der Waals surface area (Å²) in [5.41, 5.74) is 2.65. The van der Waals surface area contributed by atoms with E-state index in [1.165, 1.54) is 64.2 Å². The number of rotatable bonds is 12. The van der Waals surface area contributed by atoms with Gasteiger partial charge in [0, 0.05) is 6.54 Å². The average molecular weight is 516 g/mol. The van der Waals surface area contributed by atoms with Crippen LogP contribution >= 0.6 is 0 Å².